The van der Waals surface area contributed by atoms with Crippen LogP contribution in [0.5, 0.6) is 0 Å². The lowest BCUT2D eigenvalue weighted by Gasteiger charge is -2.07. The van der Waals surface area contributed by atoms with Crippen LogP contribution in [0.25, 0.3) is 0 Å². The van der Waals surface area contributed by atoms with Gasteiger partial charge < -0.3 is 10.5 Å². The molecule has 0 radical (unpaired) electrons. The third kappa shape index (κ3) is 5.34. The van der Waals surface area contributed by atoms with Crippen LogP contribution in [0.4, 0.5) is 5.69 Å². The van der Waals surface area contributed by atoms with Gasteiger partial charge in [0.1, 0.15) is 4.21 Å². The minimum Gasteiger partial charge on any atom is -0.398 e. The van der Waals surface area contributed by atoms with E-state index in [1.807, 2.05) is 0 Å². The summed E-state index contributed by atoms with van der Waals surface area (Å²) in [6.45, 7) is 5.79. The van der Waals surface area contributed by atoms with E-state index in [1.54, 1.807) is 5.38 Å². The molecule has 0 unspecified atom stereocenters. The fraction of sp³-hybridized carbons (Fsp3) is 0.636. The number of sulfonamides is 1. The van der Waals surface area contributed by atoms with E-state index in [0.717, 1.165) is 11.3 Å². The standard InChI is InChI=1S/C11H20N2O3S2/c1-9(2)7-16-5-3-4-13-18(14,15)11-6-10(12)8-17-11/h6,8-9,13H,3-5,7,12H2,1-2H3. The normalized spacial score (nSPS) is 12.2. The Labute approximate surface area is 112 Å². The summed E-state index contributed by atoms with van der Waals surface area (Å²) < 4.78 is 31.7. The zero-order chi connectivity index (χ0) is 13.6. The minimum absolute atomic E-state index is 0.253. The van der Waals surface area contributed by atoms with Gasteiger partial charge in [-0.25, -0.2) is 13.1 Å². The van der Waals surface area contributed by atoms with Gasteiger partial charge in [-0.1, -0.05) is 13.8 Å². The van der Waals surface area contributed by atoms with E-state index in [2.05, 4.69) is 18.6 Å². The molecule has 5 nitrogen and oxygen atoms in total. The molecule has 0 atom stereocenters. The third-order valence-electron chi connectivity index (χ3n) is 2.07. The smallest absolute Gasteiger partial charge is 0.250 e. The molecule has 0 saturated heterocycles. The molecular weight excluding hydrogens is 272 g/mol. The largest absolute Gasteiger partial charge is 0.398 e. The van der Waals surface area contributed by atoms with Crippen LogP contribution in [0.2, 0.25) is 0 Å². The number of rotatable bonds is 8. The van der Waals surface area contributed by atoms with Crippen molar-refractivity contribution in [2.75, 3.05) is 25.5 Å². The summed E-state index contributed by atoms with van der Waals surface area (Å²) in [5, 5.41) is 1.61. The first-order chi connectivity index (χ1) is 8.42. The second kappa shape index (κ2) is 7.08. The molecule has 104 valence electrons. The quantitative estimate of drug-likeness (QED) is 0.714. The van der Waals surface area contributed by atoms with Crippen LogP contribution in [0, 0.1) is 5.92 Å². The average molecular weight is 292 g/mol. The molecule has 3 N–H and O–H groups in total. The summed E-state index contributed by atoms with van der Waals surface area (Å²) in [4.78, 5) is 0. The summed E-state index contributed by atoms with van der Waals surface area (Å²) in [5.74, 6) is 0.496. The Morgan fingerprint density at radius 1 is 1.50 bits per heavy atom. The Balaban J connectivity index is 2.26. The van der Waals surface area contributed by atoms with Gasteiger partial charge in [-0.05, 0) is 18.4 Å². The monoisotopic (exact) mass is 292 g/mol. The Hall–Kier alpha value is -0.630. The lowest BCUT2D eigenvalue weighted by Crippen LogP contribution is -2.25. The van der Waals surface area contributed by atoms with Crippen LogP contribution in [0.3, 0.4) is 0 Å². The number of nitrogen functional groups attached to an aromatic ring is 1. The highest BCUT2D eigenvalue weighted by Crippen LogP contribution is 2.21. The number of nitrogens with two attached hydrogens (primary N) is 1. The molecule has 0 aromatic carbocycles. The minimum atomic E-state index is -3.41. The second-order valence-electron chi connectivity index (χ2n) is 4.42. The van der Waals surface area contributed by atoms with Crippen molar-refractivity contribution in [1.82, 2.24) is 4.72 Å². The fourth-order valence-corrected chi connectivity index (χ4v) is 3.44. The molecule has 1 rings (SSSR count). The Bertz CT molecular complexity index is 455. The van der Waals surface area contributed by atoms with Crippen LogP contribution >= 0.6 is 11.3 Å². The van der Waals surface area contributed by atoms with Crippen molar-refractivity contribution in [3.63, 3.8) is 0 Å². The topological polar surface area (TPSA) is 81.4 Å². The molecule has 1 aromatic heterocycles. The number of ether oxygens (including phenoxy) is 1. The van der Waals surface area contributed by atoms with E-state index in [1.165, 1.54) is 6.07 Å². The predicted molar refractivity (Wildman–Crippen MR) is 74.2 cm³/mol. The first-order valence-corrected chi connectivity index (χ1v) is 8.19. The number of nitrogens with one attached hydrogen (secondary N) is 1. The highest BCUT2D eigenvalue weighted by molar-refractivity contribution is 7.91. The SMILES string of the molecule is CC(C)COCCCNS(=O)(=O)c1cc(N)cs1. The van der Waals surface area contributed by atoms with Gasteiger partial charge in [0.15, 0.2) is 0 Å². The van der Waals surface area contributed by atoms with Crippen molar-refractivity contribution < 1.29 is 13.2 Å². The molecule has 0 fully saturated rings. The van der Waals surface area contributed by atoms with Gasteiger partial charge in [-0.2, -0.15) is 0 Å². The van der Waals surface area contributed by atoms with Gasteiger partial charge in [0.2, 0.25) is 10.0 Å². The number of thiophene rings is 1. The summed E-state index contributed by atoms with van der Waals surface area (Å²) in [6, 6.07) is 1.46. The molecule has 0 aliphatic heterocycles. The zero-order valence-corrected chi connectivity index (χ0v) is 12.3. The lowest BCUT2D eigenvalue weighted by atomic mass is 10.2. The molecule has 0 amide bonds. The van der Waals surface area contributed by atoms with Crippen LogP contribution in [0.15, 0.2) is 15.7 Å². The Kier molecular flexibility index (Phi) is 6.07. The summed E-state index contributed by atoms with van der Waals surface area (Å²) in [6.07, 6.45) is 0.660. The van der Waals surface area contributed by atoms with Gasteiger partial charge >= 0.3 is 0 Å². The zero-order valence-electron chi connectivity index (χ0n) is 10.7. The number of hydrogen-bond donors (Lipinski definition) is 2. The van der Waals surface area contributed by atoms with E-state index in [-0.39, 0.29) is 4.21 Å². The molecule has 0 aliphatic carbocycles. The maximum Gasteiger partial charge on any atom is 0.250 e. The third-order valence-corrected chi connectivity index (χ3v) is 4.99. The molecule has 7 heteroatoms. The molecule has 0 spiro atoms. The summed E-state index contributed by atoms with van der Waals surface area (Å²) in [5.41, 5.74) is 5.97. The first kappa shape index (κ1) is 15.4. The van der Waals surface area contributed by atoms with Gasteiger partial charge in [-0.3, -0.25) is 0 Å². The van der Waals surface area contributed by atoms with Crippen molar-refractivity contribution in [3.05, 3.63) is 11.4 Å². The average Bonchev–Trinajstić information content (AvgIpc) is 2.70. The number of anilines is 1. The maximum atomic E-state index is 11.8. The van der Waals surface area contributed by atoms with Crippen LogP contribution in [-0.4, -0.2) is 28.2 Å². The van der Waals surface area contributed by atoms with E-state index in [0.29, 0.717) is 37.8 Å². The first-order valence-electron chi connectivity index (χ1n) is 5.83. The maximum absolute atomic E-state index is 11.8. The van der Waals surface area contributed by atoms with Crippen LogP contribution < -0.4 is 10.5 Å². The fourth-order valence-electron chi connectivity index (χ4n) is 1.24. The lowest BCUT2D eigenvalue weighted by molar-refractivity contribution is 0.108. The van der Waals surface area contributed by atoms with Gasteiger partial charge in [-0.15, -0.1) is 11.3 Å². The summed E-state index contributed by atoms with van der Waals surface area (Å²) in [7, 11) is -3.41. The highest BCUT2D eigenvalue weighted by atomic mass is 32.2. The highest BCUT2D eigenvalue weighted by Gasteiger charge is 2.15. The molecule has 0 saturated carbocycles. The second-order valence-corrected chi connectivity index (χ2v) is 7.32. The molecular formula is C11H20N2O3S2. The molecule has 1 heterocycles. The van der Waals surface area contributed by atoms with Gasteiger partial charge in [0.25, 0.3) is 0 Å². The van der Waals surface area contributed by atoms with Crippen LogP contribution in [-0.2, 0) is 14.8 Å². The van der Waals surface area contributed by atoms with Gasteiger partial charge in [0, 0.05) is 30.8 Å². The van der Waals surface area contributed by atoms with Crippen molar-refractivity contribution in [2.24, 2.45) is 5.92 Å². The van der Waals surface area contributed by atoms with E-state index < -0.39 is 10.0 Å². The van der Waals surface area contributed by atoms with Crippen molar-refractivity contribution >= 4 is 27.0 Å². The predicted octanol–water partition coefficient (Wildman–Crippen LogP) is 1.67. The molecule has 0 aliphatic rings. The van der Waals surface area contributed by atoms with Crippen molar-refractivity contribution in [2.45, 2.75) is 24.5 Å². The Morgan fingerprint density at radius 3 is 2.78 bits per heavy atom. The van der Waals surface area contributed by atoms with Crippen molar-refractivity contribution in [3.8, 4) is 0 Å². The summed E-state index contributed by atoms with van der Waals surface area (Å²) >= 11 is 1.12. The molecule has 18 heavy (non-hydrogen) atoms. The molecule has 0 bridgehead atoms. The van der Waals surface area contributed by atoms with Crippen LogP contribution in [0.1, 0.15) is 20.3 Å². The van der Waals surface area contributed by atoms with Gasteiger partial charge in [0.05, 0.1) is 0 Å². The van der Waals surface area contributed by atoms with Crippen molar-refractivity contribution in [1.29, 1.82) is 0 Å². The van der Waals surface area contributed by atoms with E-state index in [9.17, 15) is 8.42 Å². The van der Waals surface area contributed by atoms with E-state index in [4.69, 9.17) is 10.5 Å². The Morgan fingerprint density at radius 2 is 2.22 bits per heavy atom. The molecule has 1 aromatic rings. The van der Waals surface area contributed by atoms with E-state index >= 15 is 0 Å². The number of hydrogen-bond acceptors (Lipinski definition) is 5.